The van der Waals surface area contributed by atoms with E-state index < -0.39 is 0 Å². The standard InChI is InChI=1S/C15H21N5/c1-12(2)19-10-7-14(11-19)18-13-3-5-15(6-4-13)20-16-8-9-17-20/h3-6,8-9,12,14,18H,7,10-11H2,1-2H3. The van der Waals surface area contributed by atoms with Crippen LogP contribution >= 0.6 is 0 Å². The molecule has 1 saturated heterocycles. The summed E-state index contributed by atoms with van der Waals surface area (Å²) in [7, 11) is 0. The Balaban J connectivity index is 1.62. The van der Waals surface area contributed by atoms with Crippen molar-refractivity contribution < 1.29 is 0 Å². The van der Waals surface area contributed by atoms with E-state index in [4.69, 9.17) is 0 Å². The number of rotatable bonds is 4. The molecule has 0 amide bonds. The van der Waals surface area contributed by atoms with E-state index in [0.29, 0.717) is 12.1 Å². The fourth-order valence-electron chi connectivity index (χ4n) is 2.65. The number of nitrogens with one attached hydrogen (secondary N) is 1. The minimum Gasteiger partial charge on any atom is -0.381 e. The van der Waals surface area contributed by atoms with Crippen LogP contribution in [-0.2, 0) is 0 Å². The van der Waals surface area contributed by atoms with Crippen LogP contribution in [0.15, 0.2) is 36.7 Å². The van der Waals surface area contributed by atoms with Crippen molar-refractivity contribution in [1.82, 2.24) is 19.9 Å². The van der Waals surface area contributed by atoms with Gasteiger partial charge in [-0.3, -0.25) is 4.90 Å². The van der Waals surface area contributed by atoms with E-state index in [1.54, 1.807) is 17.2 Å². The molecule has 2 aromatic rings. The summed E-state index contributed by atoms with van der Waals surface area (Å²) >= 11 is 0. The van der Waals surface area contributed by atoms with Crippen molar-refractivity contribution in [1.29, 1.82) is 0 Å². The molecule has 3 rings (SSSR count). The van der Waals surface area contributed by atoms with E-state index in [1.807, 2.05) is 12.1 Å². The summed E-state index contributed by atoms with van der Waals surface area (Å²) in [6.45, 7) is 6.83. The molecule has 5 nitrogen and oxygen atoms in total. The highest BCUT2D eigenvalue weighted by molar-refractivity contribution is 5.49. The minimum atomic E-state index is 0.547. The molecule has 106 valence electrons. The normalized spacial score (nSPS) is 19.6. The van der Waals surface area contributed by atoms with E-state index in [1.165, 1.54) is 13.0 Å². The Bertz CT molecular complexity index is 532. The van der Waals surface area contributed by atoms with E-state index in [0.717, 1.165) is 17.9 Å². The van der Waals surface area contributed by atoms with Crippen LogP contribution in [0.1, 0.15) is 20.3 Å². The van der Waals surface area contributed by atoms with Gasteiger partial charge in [-0.15, -0.1) is 0 Å². The molecule has 0 saturated carbocycles. The fraction of sp³-hybridized carbons (Fsp3) is 0.467. The predicted octanol–water partition coefficient (Wildman–Crippen LogP) is 2.16. The zero-order valence-corrected chi connectivity index (χ0v) is 12.0. The molecular formula is C15H21N5. The molecule has 0 spiro atoms. The molecule has 2 heterocycles. The Kier molecular flexibility index (Phi) is 3.69. The Morgan fingerprint density at radius 1 is 1.15 bits per heavy atom. The number of hydrogen-bond donors (Lipinski definition) is 1. The SMILES string of the molecule is CC(C)N1CCC(Nc2ccc(-n3nccn3)cc2)C1. The summed E-state index contributed by atoms with van der Waals surface area (Å²) in [5.74, 6) is 0. The summed E-state index contributed by atoms with van der Waals surface area (Å²) < 4.78 is 0. The molecule has 1 aromatic heterocycles. The number of anilines is 1. The van der Waals surface area contributed by atoms with Gasteiger partial charge in [0, 0.05) is 30.9 Å². The van der Waals surface area contributed by atoms with E-state index in [2.05, 4.69) is 46.4 Å². The maximum Gasteiger partial charge on any atom is 0.0858 e. The van der Waals surface area contributed by atoms with Gasteiger partial charge in [0.1, 0.15) is 0 Å². The quantitative estimate of drug-likeness (QED) is 0.925. The second-order valence-electron chi connectivity index (χ2n) is 5.58. The smallest absolute Gasteiger partial charge is 0.0858 e. The van der Waals surface area contributed by atoms with Crippen molar-refractivity contribution in [2.45, 2.75) is 32.4 Å². The van der Waals surface area contributed by atoms with Crippen LogP contribution in [-0.4, -0.2) is 45.1 Å². The summed E-state index contributed by atoms with van der Waals surface area (Å²) in [6, 6.07) is 9.45. The van der Waals surface area contributed by atoms with Crippen LogP contribution in [0.2, 0.25) is 0 Å². The van der Waals surface area contributed by atoms with Crippen LogP contribution in [0.5, 0.6) is 0 Å². The summed E-state index contributed by atoms with van der Waals surface area (Å²) in [5, 5.41) is 11.9. The van der Waals surface area contributed by atoms with E-state index in [9.17, 15) is 0 Å². The van der Waals surface area contributed by atoms with Gasteiger partial charge in [-0.1, -0.05) is 0 Å². The van der Waals surface area contributed by atoms with E-state index in [-0.39, 0.29) is 0 Å². The van der Waals surface area contributed by atoms with Gasteiger partial charge in [0.15, 0.2) is 0 Å². The van der Waals surface area contributed by atoms with Gasteiger partial charge in [0.25, 0.3) is 0 Å². The van der Waals surface area contributed by atoms with Gasteiger partial charge in [0.05, 0.1) is 18.1 Å². The summed E-state index contributed by atoms with van der Waals surface area (Å²) in [6.07, 6.45) is 4.58. The molecule has 1 atom stereocenters. The van der Waals surface area contributed by atoms with Crippen LogP contribution in [0.4, 0.5) is 5.69 Å². The van der Waals surface area contributed by atoms with Gasteiger partial charge in [-0.05, 0) is 44.5 Å². The third-order valence-electron chi connectivity index (χ3n) is 3.84. The topological polar surface area (TPSA) is 46.0 Å². The average Bonchev–Trinajstić information content (AvgIpc) is 3.10. The number of benzene rings is 1. The summed E-state index contributed by atoms with van der Waals surface area (Å²) in [4.78, 5) is 4.14. The number of nitrogens with zero attached hydrogens (tertiary/aromatic N) is 4. The Morgan fingerprint density at radius 2 is 1.85 bits per heavy atom. The largest absolute Gasteiger partial charge is 0.381 e. The number of hydrogen-bond acceptors (Lipinski definition) is 4. The van der Waals surface area contributed by atoms with Crippen LogP contribution in [0.3, 0.4) is 0 Å². The molecule has 5 heteroatoms. The van der Waals surface area contributed by atoms with Crippen LogP contribution in [0.25, 0.3) is 5.69 Å². The van der Waals surface area contributed by atoms with Crippen molar-refractivity contribution in [3.05, 3.63) is 36.7 Å². The molecule has 20 heavy (non-hydrogen) atoms. The van der Waals surface area contributed by atoms with Crippen molar-refractivity contribution in [2.24, 2.45) is 0 Å². The molecule has 1 fully saturated rings. The monoisotopic (exact) mass is 271 g/mol. The lowest BCUT2D eigenvalue weighted by atomic mass is 10.2. The van der Waals surface area contributed by atoms with Gasteiger partial charge >= 0.3 is 0 Å². The first kappa shape index (κ1) is 13.1. The Labute approximate surface area is 119 Å². The maximum atomic E-state index is 4.13. The van der Waals surface area contributed by atoms with Crippen LogP contribution in [0, 0.1) is 0 Å². The number of likely N-dealkylation sites (tertiary alicyclic amines) is 1. The van der Waals surface area contributed by atoms with E-state index >= 15 is 0 Å². The average molecular weight is 271 g/mol. The first-order valence-corrected chi connectivity index (χ1v) is 7.20. The molecule has 1 unspecified atom stereocenters. The lowest BCUT2D eigenvalue weighted by Crippen LogP contribution is -2.31. The second kappa shape index (κ2) is 5.63. The molecule has 1 aliphatic rings. The van der Waals surface area contributed by atoms with Gasteiger partial charge in [-0.2, -0.15) is 15.0 Å². The molecule has 1 N–H and O–H groups in total. The highest BCUT2D eigenvalue weighted by atomic mass is 15.5. The maximum absolute atomic E-state index is 4.13. The molecule has 1 aliphatic heterocycles. The molecule has 1 aromatic carbocycles. The third kappa shape index (κ3) is 2.82. The first-order valence-electron chi connectivity index (χ1n) is 7.20. The predicted molar refractivity (Wildman–Crippen MR) is 80.1 cm³/mol. The minimum absolute atomic E-state index is 0.547. The zero-order valence-electron chi connectivity index (χ0n) is 12.0. The Hall–Kier alpha value is -1.88. The zero-order chi connectivity index (χ0) is 13.9. The first-order chi connectivity index (χ1) is 9.72. The van der Waals surface area contributed by atoms with Gasteiger partial charge < -0.3 is 5.32 Å². The highest BCUT2D eigenvalue weighted by Crippen LogP contribution is 2.18. The second-order valence-corrected chi connectivity index (χ2v) is 5.58. The third-order valence-corrected chi connectivity index (χ3v) is 3.84. The van der Waals surface area contributed by atoms with Crippen molar-refractivity contribution >= 4 is 5.69 Å². The van der Waals surface area contributed by atoms with Crippen molar-refractivity contribution in [3.63, 3.8) is 0 Å². The van der Waals surface area contributed by atoms with Crippen LogP contribution < -0.4 is 5.32 Å². The van der Waals surface area contributed by atoms with Crippen molar-refractivity contribution in [3.8, 4) is 5.69 Å². The molecule has 0 radical (unpaired) electrons. The van der Waals surface area contributed by atoms with Gasteiger partial charge in [0.2, 0.25) is 0 Å². The van der Waals surface area contributed by atoms with Gasteiger partial charge in [-0.25, -0.2) is 0 Å². The molecule has 0 aliphatic carbocycles. The molecule has 0 bridgehead atoms. The summed E-state index contributed by atoms with van der Waals surface area (Å²) in [5.41, 5.74) is 2.15. The lowest BCUT2D eigenvalue weighted by Gasteiger charge is -2.20. The highest BCUT2D eigenvalue weighted by Gasteiger charge is 2.23. The fourth-order valence-corrected chi connectivity index (χ4v) is 2.65. The van der Waals surface area contributed by atoms with Crippen molar-refractivity contribution in [2.75, 3.05) is 18.4 Å². The lowest BCUT2D eigenvalue weighted by molar-refractivity contribution is 0.274. The Morgan fingerprint density at radius 3 is 2.45 bits per heavy atom. The number of aromatic nitrogens is 3. The molecular weight excluding hydrogens is 250 g/mol.